The van der Waals surface area contributed by atoms with Crippen LogP contribution in [0.15, 0.2) is 45.6 Å². The number of rotatable bonds is 2. The zero-order valence-electron chi connectivity index (χ0n) is 7.95. The summed E-state index contributed by atoms with van der Waals surface area (Å²) >= 11 is 6.41. The van der Waals surface area contributed by atoms with E-state index in [-0.39, 0.29) is 5.82 Å². The normalized spacial score (nSPS) is 10.2. The maximum atomic E-state index is 13.0. The molecule has 0 unspecified atom stereocenters. The molecule has 5 heteroatoms. The van der Waals surface area contributed by atoms with Crippen molar-refractivity contribution >= 4 is 31.9 Å². The maximum absolute atomic E-state index is 13.0. The maximum Gasteiger partial charge on any atom is 0.144 e. The predicted octanol–water partition coefficient (Wildman–Crippen LogP) is 4.54. The zero-order chi connectivity index (χ0) is 11.5. The van der Waals surface area contributed by atoms with E-state index in [1.165, 1.54) is 6.07 Å². The molecule has 0 saturated heterocycles. The molecular weight excluding hydrogens is 341 g/mol. The summed E-state index contributed by atoms with van der Waals surface area (Å²) in [4.78, 5) is 3.92. The third-order valence-corrected chi connectivity index (χ3v) is 3.06. The summed E-state index contributed by atoms with van der Waals surface area (Å²) in [5.74, 6) is 0.870. The van der Waals surface area contributed by atoms with E-state index >= 15 is 0 Å². The van der Waals surface area contributed by atoms with Gasteiger partial charge in [0.05, 0.1) is 8.95 Å². The van der Waals surface area contributed by atoms with Crippen LogP contribution in [0.5, 0.6) is 11.5 Å². The summed E-state index contributed by atoms with van der Waals surface area (Å²) in [7, 11) is 0. The first-order valence-corrected chi connectivity index (χ1v) is 5.98. The van der Waals surface area contributed by atoms with Gasteiger partial charge in [-0.3, -0.25) is 4.98 Å². The fourth-order valence-electron chi connectivity index (χ4n) is 1.11. The molecule has 82 valence electrons. The lowest BCUT2D eigenvalue weighted by Gasteiger charge is -2.07. The quantitative estimate of drug-likeness (QED) is 0.796. The van der Waals surface area contributed by atoms with Crippen molar-refractivity contribution in [1.29, 1.82) is 0 Å². The van der Waals surface area contributed by atoms with Crippen molar-refractivity contribution in [1.82, 2.24) is 4.98 Å². The molecule has 0 aliphatic carbocycles. The fraction of sp³-hybridized carbons (Fsp3) is 0. The second-order valence-electron chi connectivity index (χ2n) is 2.98. The summed E-state index contributed by atoms with van der Waals surface area (Å²) in [6, 6.07) is 6.20. The Morgan fingerprint density at radius 1 is 1.12 bits per heavy atom. The predicted molar refractivity (Wildman–Crippen MR) is 66.1 cm³/mol. The zero-order valence-corrected chi connectivity index (χ0v) is 11.1. The fourth-order valence-corrected chi connectivity index (χ4v) is 1.80. The Balaban J connectivity index is 2.28. The van der Waals surface area contributed by atoms with Crippen LogP contribution in [-0.4, -0.2) is 4.98 Å². The highest BCUT2D eigenvalue weighted by Gasteiger charge is 2.04. The number of hydrogen-bond donors (Lipinski definition) is 0. The minimum absolute atomic E-state index is 0.318. The Hall–Kier alpha value is -0.940. The molecule has 1 aromatic heterocycles. The van der Waals surface area contributed by atoms with Gasteiger partial charge in [0.15, 0.2) is 0 Å². The summed E-state index contributed by atoms with van der Waals surface area (Å²) in [6.45, 7) is 0. The molecule has 0 spiro atoms. The van der Waals surface area contributed by atoms with Gasteiger partial charge in [-0.25, -0.2) is 4.39 Å². The molecule has 1 aromatic carbocycles. The van der Waals surface area contributed by atoms with Crippen molar-refractivity contribution < 1.29 is 9.13 Å². The summed E-state index contributed by atoms with van der Waals surface area (Å²) in [5.41, 5.74) is 0. The molecule has 0 amide bonds. The Kier molecular flexibility index (Phi) is 3.56. The van der Waals surface area contributed by atoms with Crippen molar-refractivity contribution in [2.24, 2.45) is 0 Å². The number of aromatic nitrogens is 1. The van der Waals surface area contributed by atoms with Gasteiger partial charge in [-0.1, -0.05) is 0 Å². The van der Waals surface area contributed by atoms with Crippen molar-refractivity contribution in [2.45, 2.75) is 0 Å². The van der Waals surface area contributed by atoms with Gasteiger partial charge in [-0.05, 0) is 50.1 Å². The van der Waals surface area contributed by atoms with E-state index in [2.05, 4.69) is 36.8 Å². The molecular formula is C11H6Br2FNO. The number of benzene rings is 1. The van der Waals surface area contributed by atoms with Crippen LogP contribution in [0.2, 0.25) is 0 Å². The van der Waals surface area contributed by atoms with Crippen LogP contribution in [0.1, 0.15) is 0 Å². The molecule has 0 aliphatic heterocycles. The molecule has 0 N–H and O–H groups in total. The van der Waals surface area contributed by atoms with Crippen LogP contribution in [0.4, 0.5) is 4.39 Å². The lowest BCUT2D eigenvalue weighted by molar-refractivity contribution is 0.476. The van der Waals surface area contributed by atoms with Gasteiger partial charge in [0.2, 0.25) is 0 Å². The first kappa shape index (κ1) is 11.5. The minimum atomic E-state index is -0.318. The Labute approximate surface area is 109 Å². The Morgan fingerprint density at radius 3 is 2.62 bits per heavy atom. The van der Waals surface area contributed by atoms with Gasteiger partial charge < -0.3 is 4.74 Å². The highest BCUT2D eigenvalue weighted by atomic mass is 79.9. The van der Waals surface area contributed by atoms with E-state index in [1.807, 2.05) is 0 Å². The molecule has 0 radical (unpaired) electrons. The van der Waals surface area contributed by atoms with Gasteiger partial charge in [0.25, 0.3) is 0 Å². The van der Waals surface area contributed by atoms with Gasteiger partial charge in [0, 0.05) is 18.5 Å². The number of nitrogens with zero attached hydrogens (tertiary/aromatic N) is 1. The van der Waals surface area contributed by atoms with E-state index in [1.54, 1.807) is 30.6 Å². The van der Waals surface area contributed by atoms with Crippen LogP contribution in [0.25, 0.3) is 0 Å². The third kappa shape index (κ3) is 2.59. The van der Waals surface area contributed by atoms with Gasteiger partial charge in [-0.2, -0.15) is 0 Å². The van der Waals surface area contributed by atoms with Crippen molar-refractivity contribution in [2.75, 3.05) is 0 Å². The highest BCUT2D eigenvalue weighted by molar-refractivity contribution is 9.10. The molecule has 0 bridgehead atoms. The molecule has 0 aliphatic rings. The number of hydrogen-bond acceptors (Lipinski definition) is 2. The molecule has 2 aromatic rings. The monoisotopic (exact) mass is 345 g/mol. The van der Waals surface area contributed by atoms with Crippen molar-refractivity contribution in [3.63, 3.8) is 0 Å². The van der Waals surface area contributed by atoms with Crippen molar-refractivity contribution in [3.8, 4) is 11.5 Å². The molecule has 0 atom stereocenters. The Morgan fingerprint density at radius 2 is 1.94 bits per heavy atom. The van der Waals surface area contributed by atoms with Crippen LogP contribution >= 0.6 is 31.9 Å². The van der Waals surface area contributed by atoms with E-state index in [4.69, 9.17) is 4.74 Å². The molecule has 16 heavy (non-hydrogen) atoms. The molecule has 2 rings (SSSR count). The molecule has 0 saturated carbocycles. The second kappa shape index (κ2) is 4.93. The van der Waals surface area contributed by atoms with E-state index < -0.39 is 0 Å². The van der Waals surface area contributed by atoms with E-state index in [9.17, 15) is 4.39 Å². The lowest BCUT2D eigenvalue weighted by Crippen LogP contribution is -1.87. The summed E-state index contributed by atoms with van der Waals surface area (Å²) in [5, 5.41) is 0. The van der Waals surface area contributed by atoms with E-state index in [0.29, 0.717) is 16.0 Å². The first-order valence-electron chi connectivity index (χ1n) is 4.39. The average Bonchev–Trinajstić information content (AvgIpc) is 2.27. The van der Waals surface area contributed by atoms with Crippen LogP contribution in [-0.2, 0) is 0 Å². The van der Waals surface area contributed by atoms with Crippen LogP contribution < -0.4 is 4.74 Å². The van der Waals surface area contributed by atoms with Gasteiger partial charge in [-0.15, -0.1) is 0 Å². The standard InChI is InChI=1S/C11H6Br2FNO/c12-8-5-7(1-2-10(8)14)16-11-3-4-15-6-9(11)13/h1-6H. The van der Waals surface area contributed by atoms with Crippen LogP contribution in [0, 0.1) is 5.82 Å². The second-order valence-corrected chi connectivity index (χ2v) is 4.69. The highest BCUT2D eigenvalue weighted by Crippen LogP contribution is 2.30. The molecule has 1 heterocycles. The van der Waals surface area contributed by atoms with E-state index in [0.717, 1.165) is 4.47 Å². The van der Waals surface area contributed by atoms with Crippen molar-refractivity contribution in [3.05, 3.63) is 51.4 Å². The molecule has 2 nitrogen and oxygen atoms in total. The van der Waals surface area contributed by atoms with Gasteiger partial charge >= 0.3 is 0 Å². The Bertz CT molecular complexity index is 519. The number of ether oxygens (including phenoxy) is 1. The topological polar surface area (TPSA) is 22.1 Å². The lowest BCUT2D eigenvalue weighted by atomic mass is 10.3. The summed E-state index contributed by atoms with van der Waals surface area (Å²) in [6.07, 6.45) is 3.26. The smallest absolute Gasteiger partial charge is 0.144 e. The van der Waals surface area contributed by atoms with Gasteiger partial charge in [0.1, 0.15) is 17.3 Å². The third-order valence-electron chi connectivity index (χ3n) is 1.85. The summed E-state index contributed by atoms with van der Waals surface area (Å²) < 4.78 is 19.7. The minimum Gasteiger partial charge on any atom is -0.456 e. The number of pyridine rings is 1. The van der Waals surface area contributed by atoms with Crippen LogP contribution in [0.3, 0.4) is 0 Å². The average molecular weight is 347 g/mol. The first-order chi connectivity index (χ1) is 7.66. The SMILES string of the molecule is Fc1ccc(Oc2ccncc2Br)cc1Br. The molecule has 0 fully saturated rings. The number of halogens is 3. The largest absolute Gasteiger partial charge is 0.456 e.